The summed E-state index contributed by atoms with van der Waals surface area (Å²) >= 11 is 1.51. The van der Waals surface area contributed by atoms with Gasteiger partial charge in [0.05, 0.1) is 5.25 Å². The Morgan fingerprint density at radius 1 is 1.25 bits per heavy atom. The number of carbonyl (C=O) groups is 2. The van der Waals surface area contributed by atoms with Crippen LogP contribution < -0.4 is 16.0 Å². The maximum Gasteiger partial charge on any atom is 0.242 e. The van der Waals surface area contributed by atoms with Gasteiger partial charge in [-0.15, -0.1) is 11.8 Å². The Kier molecular flexibility index (Phi) is 5.46. The number of hydrogen-bond acceptors (Lipinski definition) is 4. The Hall–Kier alpha value is -1.53. The van der Waals surface area contributed by atoms with E-state index in [2.05, 4.69) is 5.32 Å². The van der Waals surface area contributed by atoms with E-state index in [1.807, 2.05) is 31.2 Å². The Balaban J connectivity index is 1.80. The number of amides is 2. The van der Waals surface area contributed by atoms with E-state index in [-0.39, 0.29) is 17.8 Å². The van der Waals surface area contributed by atoms with Crippen LogP contribution in [-0.2, 0) is 9.59 Å². The van der Waals surface area contributed by atoms with E-state index >= 15 is 0 Å². The third kappa shape index (κ3) is 3.92. The van der Waals surface area contributed by atoms with Gasteiger partial charge in [0.15, 0.2) is 0 Å². The molecule has 2 unspecified atom stereocenters. The van der Waals surface area contributed by atoms with Gasteiger partial charge in [-0.1, -0.05) is 37.0 Å². The number of rotatable bonds is 5. The fourth-order valence-electron chi connectivity index (χ4n) is 3.42. The second-order valence-electron chi connectivity index (χ2n) is 6.69. The summed E-state index contributed by atoms with van der Waals surface area (Å²) in [4.78, 5) is 25.9. The van der Waals surface area contributed by atoms with Crippen molar-refractivity contribution in [2.75, 3.05) is 4.90 Å². The first-order chi connectivity index (χ1) is 11.5. The fraction of sp³-hybridized carbons (Fsp3) is 0.556. The average Bonchev–Trinajstić information content (AvgIpc) is 2.84. The summed E-state index contributed by atoms with van der Waals surface area (Å²) in [6.45, 7) is 2.03. The highest BCUT2D eigenvalue weighted by molar-refractivity contribution is 8.01. The van der Waals surface area contributed by atoms with Gasteiger partial charge in [0.25, 0.3) is 0 Å². The minimum absolute atomic E-state index is 0.0315. The lowest BCUT2D eigenvalue weighted by molar-refractivity contribution is -0.122. The summed E-state index contributed by atoms with van der Waals surface area (Å²) in [5.74, 6) is -0.459. The van der Waals surface area contributed by atoms with Crippen LogP contribution in [0.2, 0.25) is 0 Å². The number of primary amides is 1. The van der Waals surface area contributed by atoms with Crippen molar-refractivity contribution in [3.8, 4) is 0 Å². The molecule has 2 aliphatic rings. The van der Waals surface area contributed by atoms with Crippen LogP contribution in [0, 0.1) is 6.92 Å². The van der Waals surface area contributed by atoms with E-state index in [4.69, 9.17) is 5.73 Å². The molecule has 1 saturated heterocycles. The Bertz CT molecular complexity index is 599. The van der Waals surface area contributed by atoms with Crippen LogP contribution in [0.1, 0.15) is 44.1 Å². The zero-order valence-corrected chi connectivity index (χ0v) is 14.8. The van der Waals surface area contributed by atoms with Crippen LogP contribution in [0.15, 0.2) is 24.3 Å². The topological polar surface area (TPSA) is 75.4 Å². The number of nitrogens with one attached hydrogen (secondary N) is 1. The van der Waals surface area contributed by atoms with Crippen molar-refractivity contribution in [3.63, 3.8) is 0 Å². The smallest absolute Gasteiger partial charge is 0.242 e. The maximum atomic E-state index is 12.8. The number of anilines is 1. The van der Waals surface area contributed by atoms with Crippen LogP contribution in [-0.4, -0.2) is 28.6 Å². The number of nitrogens with zero attached hydrogens (tertiary/aromatic N) is 1. The molecule has 3 rings (SSSR count). The molecule has 1 aromatic carbocycles. The molecule has 130 valence electrons. The molecule has 2 fully saturated rings. The van der Waals surface area contributed by atoms with E-state index in [1.165, 1.54) is 31.0 Å². The number of thioether (sulfide) groups is 1. The molecular formula is C18H25N3O2S. The molecule has 0 bridgehead atoms. The van der Waals surface area contributed by atoms with Crippen molar-refractivity contribution in [2.24, 2.45) is 5.73 Å². The van der Waals surface area contributed by atoms with E-state index in [9.17, 15) is 9.59 Å². The lowest BCUT2D eigenvalue weighted by Gasteiger charge is -2.31. The molecular weight excluding hydrogens is 322 g/mol. The van der Waals surface area contributed by atoms with Crippen LogP contribution in [0.3, 0.4) is 0 Å². The maximum absolute atomic E-state index is 12.8. The van der Waals surface area contributed by atoms with Crippen molar-refractivity contribution < 1.29 is 9.59 Å². The molecule has 0 radical (unpaired) electrons. The normalized spacial score (nSPS) is 25.2. The number of carbonyl (C=O) groups excluding carboxylic acids is 2. The van der Waals surface area contributed by atoms with Gasteiger partial charge < -0.3 is 5.73 Å². The Morgan fingerprint density at radius 2 is 1.92 bits per heavy atom. The first kappa shape index (κ1) is 17.3. The van der Waals surface area contributed by atoms with Crippen molar-refractivity contribution in [3.05, 3.63) is 29.8 Å². The van der Waals surface area contributed by atoms with Gasteiger partial charge in [-0.2, -0.15) is 0 Å². The van der Waals surface area contributed by atoms with E-state index < -0.39 is 11.2 Å². The predicted octanol–water partition coefficient (Wildman–Crippen LogP) is 2.52. The molecule has 2 amide bonds. The van der Waals surface area contributed by atoms with E-state index in [0.717, 1.165) is 24.1 Å². The summed E-state index contributed by atoms with van der Waals surface area (Å²) in [5, 5.41) is 3.23. The molecule has 2 atom stereocenters. The summed E-state index contributed by atoms with van der Waals surface area (Å²) < 4.78 is 0. The van der Waals surface area contributed by atoms with Gasteiger partial charge in [-0.25, -0.2) is 0 Å². The number of hydrogen-bond donors (Lipinski definition) is 2. The third-order valence-corrected chi connectivity index (χ3v) is 6.02. The zero-order chi connectivity index (χ0) is 17.1. The van der Waals surface area contributed by atoms with E-state index in [0.29, 0.717) is 6.04 Å². The van der Waals surface area contributed by atoms with Gasteiger partial charge in [0.1, 0.15) is 5.50 Å². The summed E-state index contributed by atoms with van der Waals surface area (Å²) in [7, 11) is 0. The van der Waals surface area contributed by atoms with Gasteiger partial charge in [-0.05, 0) is 31.9 Å². The highest BCUT2D eigenvalue weighted by Gasteiger charge is 2.42. The molecule has 0 spiro atoms. The molecule has 24 heavy (non-hydrogen) atoms. The number of benzene rings is 1. The molecule has 6 heteroatoms. The molecule has 5 nitrogen and oxygen atoms in total. The highest BCUT2D eigenvalue weighted by atomic mass is 32.2. The van der Waals surface area contributed by atoms with Crippen molar-refractivity contribution in [2.45, 2.75) is 62.2 Å². The monoisotopic (exact) mass is 347 g/mol. The quantitative estimate of drug-likeness (QED) is 0.858. The molecule has 1 saturated carbocycles. The highest BCUT2D eigenvalue weighted by Crippen LogP contribution is 2.37. The van der Waals surface area contributed by atoms with Crippen molar-refractivity contribution in [1.82, 2.24) is 5.32 Å². The second-order valence-corrected chi connectivity index (χ2v) is 7.98. The molecule has 1 aliphatic heterocycles. The predicted molar refractivity (Wildman–Crippen MR) is 97.7 cm³/mol. The molecule has 3 N–H and O–H groups in total. The molecule has 0 aromatic heterocycles. The second kappa shape index (κ2) is 7.57. The summed E-state index contributed by atoms with van der Waals surface area (Å²) in [6.07, 6.45) is 6.15. The SMILES string of the molecule is Cc1ccc(N2C(=O)C(CC(N)=O)SC2NC2CCCCC2)cc1. The van der Waals surface area contributed by atoms with Crippen molar-refractivity contribution >= 4 is 29.3 Å². The van der Waals surface area contributed by atoms with Gasteiger partial charge in [-0.3, -0.25) is 19.8 Å². The average molecular weight is 347 g/mol. The third-order valence-electron chi connectivity index (χ3n) is 4.72. The Morgan fingerprint density at radius 3 is 2.54 bits per heavy atom. The largest absolute Gasteiger partial charge is 0.370 e. The van der Waals surface area contributed by atoms with Crippen LogP contribution in [0.5, 0.6) is 0 Å². The molecule has 1 aromatic rings. The minimum atomic E-state index is -0.428. The molecule has 1 aliphatic carbocycles. The van der Waals surface area contributed by atoms with E-state index in [1.54, 1.807) is 4.90 Å². The lowest BCUT2D eigenvalue weighted by Crippen LogP contribution is -2.47. The summed E-state index contributed by atoms with van der Waals surface area (Å²) in [5.41, 5.74) is 7.22. The van der Waals surface area contributed by atoms with Crippen LogP contribution in [0.25, 0.3) is 0 Å². The zero-order valence-electron chi connectivity index (χ0n) is 14.0. The van der Waals surface area contributed by atoms with Gasteiger partial charge in [0.2, 0.25) is 11.8 Å². The first-order valence-electron chi connectivity index (χ1n) is 8.64. The lowest BCUT2D eigenvalue weighted by atomic mass is 9.96. The number of aryl methyl sites for hydroxylation is 1. The van der Waals surface area contributed by atoms with Gasteiger partial charge in [0, 0.05) is 18.2 Å². The first-order valence-corrected chi connectivity index (χ1v) is 9.58. The van der Waals surface area contributed by atoms with Crippen molar-refractivity contribution in [1.29, 1.82) is 0 Å². The van der Waals surface area contributed by atoms with Gasteiger partial charge >= 0.3 is 0 Å². The minimum Gasteiger partial charge on any atom is -0.370 e. The standard InChI is InChI=1S/C18H25N3O2S/c1-12-7-9-14(10-8-12)21-17(23)15(11-16(19)22)24-18(21)20-13-5-3-2-4-6-13/h7-10,13,15,18,20H,2-6,11H2,1H3,(H2,19,22). The van der Waals surface area contributed by atoms with Crippen LogP contribution >= 0.6 is 11.8 Å². The fourth-order valence-corrected chi connectivity index (χ4v) is 4.84. The number of nitrogens with two attached hydrogens (primary N) is 1. The Labute approximate surface area is 147 Å². The molecule has 1 heterocycles. The summed E-state index contributed by atoms with van der Waals surface area (Å²) in [6, 6.07) is 8.38. The van der Waals surface area contributed by atoms with Crippen LogP contribution in [0.4, 0.5) is 5.69 Å².